The summed E-state index contributed by atoms with van der Waals surface area (Å²) in [6.07, 6.45) is 0.914. The zero-order valence-electron chi connectivity index (χ0n) is 13.7. The Morgan fingerprint density at radius 1 is 1.15 bits per heavy atom. The van der Waals surface area contributed by atoms with Gasteiger partial charge in [-0.2, -0.15) is 0 Å². The molecule has 2 rings (SSSR count). The molecule has 0 atom stereocenters. The summed E-state index contributed by atoms with van der Waals surface area (Å²) in [6, 6.07) is 9.18. The second-order valence-corrected chi connectivity index (χ2v) is 7.85. The SMILES string of the molecule is CS(=O)(=O)c1ccc(Cl)c(NC(=O)COC(=O)Cc2ccc(F)cc2)c1. The number of carbonyl (C=O) groups excluding carboxylic acids is 2. The fourth-order valence-electron chi connectivity index (χ4n) is 1.98. The lowest BCUT2D eigenvalue weighted by Crippen LogP contribution is -2.22. The zero-order valence-corrected chi connectivity index (χ0v) is 15.2. The maximum Gasteiger partial charge on any atom is 0.310 e. The Bertz CT molecular complexity index is 929. The topological polar surface area (TPSA) is 89.5 Å². The molecule has 0 radical (unpaired) electrons. The van der Waals surface area contributed by atoms with Crippen LogP contribution in [0.4, 0.5) is 10.1 Å². The first kappa shape index (κ1) is 19.9. The van der Waals surface area contributed by atoms with Gasteiger partial charge in [-0.15, -0.1) is 0 Å². The molecule has 26 heavy (non-hydrogen) atoms. The molecule has 0 spiro atoms. The van der Waals surface area contributed by atoms with E-state index in [1.54, 1.807) is 0 Å². The standard InChI is InChI=1S/C17H15ClFNO5S/c1-26(23,24)13-6-7-14(18)15(9-13)20-16(21)10-25-17(22)8-11-2-4-12(19)5-3-11/h2-7,9H,8,10H2,1H3,(H,20,21). The van der Waals surface area contributed by atoms with E-state index in [4.69, 9.17) is 16.3 Å². The van der Waals surface area contributed by atoms with Gasteiger partial charge in [-0.25, -0.2) is 12.8 Å². The molecular formula is C17H15ClFNO5S. The summed E-state index contributed by atoms with van der Waals surface area (Å²) >= 11 is 5.93. The summed E-state index contributed by atoms with van der Waals surface area (Å²) in [5.41, 5.74) is 0.634. The molecule has 0 bridgehead atoms. The number of esters is 1. The molecule has 0 heterocycles. The van der Waals surface area contributed by atoms with Crippen LogP contribution >= 0.6 is 11.6 Å². The first-order chi connectivity index (χ1) is 12.1. The summed E-state index contributed by atoms with van der Waals surface area (Å²) in [5, 5.41) is 2.53. The molecule has 0 saturated carbocycles. The van der Waals surface area contributed by atoms with Crippen molar-refractivity contribution in [1.82, 2.24) is 0 Å². The van der Waals surface area contributed by atoms with Crippen molar-refractivity contribution in [2.24, 2.45) is 0 Å². The Morgan fingerprint density at radius 2 is 1.81 bits per heavy atom. The fourth-order valence-corrected chi connectivity index (χ4v) is 2.80. The smallest absolute Gasteiger partial charge is 0.310 e. The molecule has 0 aliphatic carbocycles. The lowest BCUT2D eigenvalue weighted by Gasteiger charge is -2.09. The van der Waals surface area contributed by atoms with Gasteiger partial charge in [0.2, 0.25) is 0 Å². The van der Waals surface area contributed by atoms with Gasteiger partial charge < -0.3 is 10.1 Å². The number of hydrogen-bond donors (Lipinski definition) is 1. The molecule has 1 amide bonds. The average molecular weight is 400 g/mol. The van der Waals surface area contributed by atoms with Crippen LogP contribution in [0.15, 0.2) is 47.4 Å². The van der Waals surface area contributed by atoms with E-state index in [-0.39, 0.29) is 22.0 Å². The van der Waals surface area contributed by atoms with Gasteiger partial charge in [0.05, 0.1) is 22.0 Å². The van der Waals surface area contributed by atoms with Crippen molar-refractivity contribution in [1.29, 1.82) is 0 Å². The summed E-state index contributed by atoms with van der Waals surface area (Å²) in [5.74, 6) is -1.76. The van der Waals surface area contributed by atoms with Gasteiger partial charge in [0.15, 0.2) is 16.4 Å². The van der Waals surface area contributed by atoms with Crippen LogP contribution < -0.4 is 5.32 Å². The van der Waals surface area contributed by atoms with Crippen LogP contribution in [0.25, 0.3) is 0 Å². The van der Waals surface area contributed by atoms with E-state index in [2.05, 4.69) is 5.32 Å². The third-order valence-electron chi connectivity index (χ3n) is 3.27. The molecule has 0 saturated heterocycles. The van der Waals surface area contributed by atoms with E-state index < -0.39 is 34.1 Å². The number of halogens is 2. The molecular weight excluding hydrogens is 385 g/mol. The number of ether oxygens (including phenoxy) is 1. The Kier molecular flexibility index (Phi) is 6.33. The van der Waals surface area contributed by atoms with Crippen LogP contribution in [-0.4, -0.2) is 33.2 Å². The van der Waals surface area contributed by atoms with Crippen LogP contribution in [0.3, 0.4) is 0 Å². The van der Waals surface area contributed by atoms with Crippen molar-refractivity contribution in [3.8, 4) is 0 Å². The Labute approximate surface area is 154 Å². The van der Waals surface area contributed by atoms with Gasteiger partial charge >= 0.3 is 5.97 Å². The average Bonchev–Trinajstić information content (AvgIpc) is 2.56. The molecule has 138 valence electrons. The molecule has 2 aromatic carbocycles. The van der Waals surface area contributed by atoms with E-state index in [1.807, 2.05) is 0 Å². The van der Waals surface area contributed by atoms with Gasteiger partial charge in [0.25, 0.3) is 5.91 Å². The summed E-state index contributed by atoms with van der Waals surface area (Å²) in [4.78, 5) is 23.6. The van der Waals surface area contributed by atoms with Crippen molar-refractivity contribution in [3.63, 3.8) is 0 Å². The Balaban J connectivity index is 1.92. The van der Waals surface area contributed by atoms with E-state index in [1.165, 1.54) is 42.5 Å². The number of carbonyl (C=O) groups is 2. The highest BCUT2D eigenvalue weighted by Gasteiger charge is 2.14. The first-order valence-corrected chi connectivity index (χ1v) is 9.61. The summed E-state index contributed by atoms with van der Waals surface area (Å²) < 4.78 is 40.7. The highest BCUT2D eigenvalue weighted by atomic mass is 35.5. The second-order valence-electron chi connectivity index (χ2n) is 5.43. The minimum absolute atomic E-state index is 0.00879. The fraction of sp³-hybridized carbons (Fsp3) is 0.176. The van der Waals surface area contributed by atoms with Crippen molar-refractivity contribution in [2.75, 3.05) is 18.2 Å². The maximum atomic E-state index is 12.8. The van der Waals surface area contributed by atoms with Crippen molar-refractivity contribution >= 4 is 39.0 Å². The molecule has 0 unspecified atom stereocenters. The number of rotatable bonds is 6. The predicted octanol–water partition coefficient (Wildman–Crippen LogP) is 2.61. The second kappa shape index (κ2) is 8.29. The Hall–Kier alpha value is -2.45. The summed E-state index contributed by atoms with van der Waals surface area (Å²) in [6.45, 7) is -0.570. The third kappa shape index (κ3) is 5.82. The Morgan fingerprint density at radius 3 is 2.42 bits per heavy atom. The van der Waals surface area contributed by atoms with E-state index in [0.29, 0.717) is 5.56 Å². The zero-order chi connectivity index (χ0) is 19.3. The molecule has 0 aliphatic rings. The van der Waals surface area contributed by atoms with Crippen molar-refractivity contribution < 1.29 is 27.1 Å². The van der Waals surface area contributed by atoms with Gasteiger partial charge in [0.1, 0.15) is 5.82 Å². The van der Waals surface area contributed by atoms with Gasteiger partial charge in [-0.1, -0.05) is 23.7 Å². The molecule has 2 aromatic rings. The number of amides is 1. The van der Waals surface area contributed by atoms with Crippen molar-refractivity contribution in [3.05, 3.63) is 58.9 Å². The number of benzene rings is 2. The van der Waals surface area contributed by atoms with E-state index in [9.17, 15) is 22.4 Å². The lowest BCUT2D eigenvalue weighted by molar-refractivity contribution is -0.146. The highest BCUT2D eigenvalue weighted by Crippen LogP contribution is 2.25. The molecule has 0 aliphatic heterocycles. The normalized spacial score (nSPS) is 11.0. The molecule has 0 fully saturated rings. The minimum Gasteiger partial charge on any atom is -0.455 e. The van der Waals surface area contributed by atoms with Gasteiger partial charge in [-0.05, 0) is 35.9 Å². The lowest BCUT2D eigenvalue weighted by atomic mass is 10.1. The van der Waals surface area contributed by atoms with E-state index >= 15 is 0 Å². The highest BCUT2D eigenvalue weighted by molar-refractivity contribution is 7.90. The minimum atomic E-state index is -3.46. The maximum absolute atomic E-state index is 12.8. The van der Waals surface area contributed by atoms with Crippen LogP contribution in [0, 0.1) is 5.82 Å². The number of anilines is 1. The van der Waals surface area contributed by atoms with Crippen LogP contribution in [0.2, 0.25) is 5.02 Å². The number of hydrogen-bond acceptors (Lipinski definition) is 5. The number of nitrogens with one attached hydrogen (secondary N) is 1. The predicted molar refractivity (Wildman–Crippen MR) is 94.3 cm³/mol. The van der Waals surface area contributed by atoms with Gasteiger partial charge in [0, 0.05) is 6.26 Å². The number of sulfone groups is 1. The quantitative estimate of drug-likeness (QED) is 0.754. The molecule has 1 N–H and O–H groups in total. The van der Waals surface area contributed by atoms with Crippen LogP contribution in [-0.2, 0) is 30.6 Å². The largest absolute Gasteiger partial charge is 0.455 e. The first-order valence-electron chi connectivity index (χ1n) is 7.34. The monoisotopic (exact) mass is 399 g/mol. The van der Waals surface area contributed by atoms with Gasteiger partial charge in [-0.3, -0.25) is 9.59 Å². The molecule has 6 nitrogen and oxygen atoms in total. The van der Waals surface area contributed by atoms with Crippen molar-refractivity contribution in [2.45, 2.75) is 11.3 Å². The van der Waals surface area contributed by atoms with Crippen LogP contribution in [0.1, 0.15) is 5.56 Å². The third-order valence-corrected chi connectivity index (χ3v) is 4.71. The summed E-state index contributed by atoms with van der Waals surface area (Å²) in [7, 11) is -3.46. The molecule has 0 aromatic heterocycles. The van der Waals surface area contributed by atoms with Crippen LogP contribution in [0.5, 0.6) is 0 Å². The van der Waals surface area contributed by atoms with E-state index in [0.717, 1.165) is 6.26 Å². The molecule has 9 heteroatoms.